The van der Waals surface area contributed by atoms with Gasteiger partial charge in [-0.25, -0.2) is 15.3 Å². The van der Waals surface area contributed by atoms with Crippen LogP contribution < -0.4 is 15.5 Å². The smallest absolute Gasteiger partial charge is 0.338 e. The first kappa shape index (κ1) is 16.8. The number of benzene rings is 1. The lowest BCUT2D eigenvalue weighted by molar-refractivity contribution is 0.0489. The summed E-state index contributed by atoms with van der Waals surface area (Å²) in [6.07, 6.45) is 1.68. The van der Waals surface area contributed by atoms with Crippen LogP contribution in [0.5, 0.6) is 5.88 Å². The highest BCUT2D eigenvalue weighted by molar-refractivity contribution is 5.72. The largest absolute Gasteiger partial charge is 0.475 e. The molecule has 2 N–H and O–H groups in total. The van der Waals surface area contributed by atoms with Gasteiger partial charge in [-0.2, -0.15) is 0 Å². The summed E-state index contributed by atoms with van der Waals surface area (Å²) < 4.78 is 5.60. The number of hydrogen-bond donors (Lipinski definition) is 2. The van der Waals surface area contributed by atoms with Crippen molar-refractivity contribution in [1.82, 2.24) is 15.8 Å². The molecule has 1 aromatic heterocycles. The summed E-state index contributed by atoms with van der Waals surface area (Å²) in [5, 5.41) is 2.70. The number of aromatic nitrogens is 1. The van der Waals surface area contributed by atoms with Gasteiger partial charge < -0.3 is 10.1 Å². The minimum Gasteiger partial charge on any atom is -0.475 e. The zero-order chi connectivity index (χ0) is 16.5. The summed E-state index contributed by atoms with van der Waals surface area (Å²) in [7, 11) is 0. The molecule has 0 bridgehead atoms. The molecule has 0 saturated carbocycles. The van der Waals surface area contributed by atoms with Crippen molar-refractivity contribution in [3.63, 3.8) is 0 Å². The van der Waals surface area contributed by atoms with Crippen molar-refractivity contribution in [2.75, 3.05) is 0 Å². The molecule has 0 atom stereocenters. The SMILES string of the molecule is CC(C)Oc1ncccc1CNC(=O)NOCc1ccccc1. The van der Waals surface area contributed by atoms with Gasteiger partial charge in [0.1, 0.15) is 0 Å². The van der Waals surface area contributed by atoms with Crippen LogP contribution in [0.2, 0.25) is 0 Å². The molecule has 0 unspecified atom stereocenters. The predicted octanol–water partition coefficient (Wildman–Crippen LogP) is 2.80. The van der Waals surface area contributed by atoms with Gasteiger partial charge in [0, 0.05) is 18.3 Å². The molecule has 0 radical (unpaired) electrons. The van der Waals surface area contributed by atoms with Gasteiger partial charge >= 0.3 is 6.03 Å². The van der Waals surface area contributed by atoms with E-state index < -0.39 is 6.03 Å². The van der Waals surface area contributed by atoms with Gasteiger partial charge in [-0.15, -0.1) is 0 Å². The van der Waals surface area contributed by atoms with Crippen LogP contribution in [0.15, 0.2) is 48.7 Å². The number of nitrogens with one attached hydrogen (secondary N) is 2. The van der Waals surface area contributed by atoms with E-state index in [0.29, 0.717) is 19.0 Å². The van der Waals surface area contributed by atoms with Gasteiger partial charge in [0.2, 0.25) is 5.88 Å². The highest BCUT2D eigenvalue weighted by Gasteiger charge is 2.08. The molecule has 1 heterocycles. The minimum absolute atomic E-state index is 0.0201. The van der Waals surface area contributed by atoms with E-state index in [1.807, 2.05) is 50.2 Å². The van der Waals surface area contributed by atoms with Crippen molar-refractivity contribution in [2.24, 2.45) is 0 Å². The number of ether oxygens (including phenoxy) is 1. The number of carbonyl (C=O) groups is 1. The molecule has 0 aliphatic carbocycles. The second-order valence-corrected chi connectivity index (χ2v) is 5.19. The molecule has 1 aromatic carbocycles. The molecule has 6 heteroatoms. The van der Waals surface area contributed by atoms with Crippen molar-refractivity contribution < 1.29 is 14.4 Å². The van der Waals surface area contributed by atoms with Crippen LogP contribution in [0.1, 0.15) is 25.0 Å². The van der Waals surface area contributed by atoms with Crippen LogP contribution in [0.25, 0.3) is 0 Å². The Labute approximate surface area is 135 Å². The van der Waals surface area contributed by atoms with Crippen LogP contribution in [0.3, 0.4) is 0 Å². The Balaban J connectivity index is 1.76. The van der Waals surface area contributed by atoms with Crippen LogP contribution in [-0.4, -0.2) is 17.1 Å². The van der Waals surface area contributed by atoms with Crippen LogP contribution >= 0.6 is 0 Å². The third kappa shape index (κ3) is 5.96. The second-order valence-electron chi connectivity index (χ2n) is 5.19. The topological polar surface area (TPSA) is 72.5 Å². The molecule has 0 fully saturated rings. The van der Waals surface area contributed by atoms with E-state index in [4.69, 9.17) is 9.57 Å². The zero-order valence-electron chi connectivity index (χ0n) is 13.3. The van der Waals surface area contributed by atoms with Gasteiger partial charge in [-0.05, 0) is 25.5 Å². The van der Waals surface area contributed by atoms with Crippen LogP contribution in [-0.2, 0) is 18.0 Å². The fraction of sp³-hybridized carbons (Fsp3) is 0.294. The first-order chi connectivity index (χ1) is 11.1. The Morgan fingerprint density at radius 2 is 1.96 bits per heavy atom. The molecule has 0 aliphatic heterocycles. The molecule has 0 aliphatic rings. The molecule has 23 heavy (non-hydrogen) atoms. The highest BCUT2D eigenvalue weighted by atomic mass is 16.7. The number of amides is 2. The van der Waals surface area contributed by atoms with Gasteiger partial charge in [0.05, 0.1) is 12.7 Å². The van der Waals surface area contributed by atoms with E-state index in [1.165, 1.54) is 0 Å². The average molecular weight is 315 g/mol. The Bertz CT molecular complexity index is 617. The maximum absolute atomic E-state index is 11.7. The molecule has 2 rings (SSSR count). The molecule has 0 saturated heterocycles. The van der Waals surface area contributed by atoms with E-state index in [1.54, 1.807) is 12.3 Å². The van der Waals surface area contributed by atoms with E-state index in [9.17, 15) is 4.79 Å². The summed E-state index contributed by atoms with van der Waals surface area (Å²) in [6, 6.07) is 12.8. The van der Waals surface area contributed by atoms with Crippen molar-refractivity contribution >= 4 is 6.03 Å². The maximum atomic E-state index is 11.7. The summed E-state index contributed by atoms with van der Waals surface area (Å²) >= 11 is 0. The number of carbonyl (C=O) groups excluding carboxylic acids is 1. The first-order valence-electron chi connectivity index (χ1n) is 7.45. The number of urea groups is 1. The van der Waals surface area contributed by atoms with Crippen LogP contribution in [0, 0.1) is 0 Å². The Morgan fingerprint density at radius 3 is 2.70 bits per heavy atom. The van der Waals surface area contributed by atoms with Gasteiger partial charge in [-0.1, -0.05) is 36.4 Å². The minimum atomic E-state index is -0.416. The Morgan fingerprint density at radius 1 is 1.17 bits per heavy atom. The summed E-state index contributed by atoms with van der Waals surface area (Å²) in [5.74, 6) is 0.521. The Kier molecular flexibility index (Phi) is 6.38. The third-order valence-electron chi connectivity index (χ3n) is 2.88. The lowest BCUT2D eigenvalue weighted by atomic mass is 10.2. The van der Waals surface area contributed by atoms with E-state index in [2.05, 4.69) is 15.8 Å². The zero-order valence-corrected chi connectivity index (χ0v) is 13.3. The lowest BCUT2D eigenvalue weighted by Crippen LogP contribution is -2.35. The number of hydrogen-bond acceptors (Lipinski definition) is 4. The average Bonchev–Trinajstić information content (AvgIpc) is 2.54. The fourth-order valence-corrected chi connectivity index (χ4v) is 1.86. The monoisotopic (exact) mass is 315 g/mol. The normalized spacial score (nSPS) is 10.4. The number of hydroxylamine groups is 1. The first-order valence-corrected chi connectivity index (χ1v) is 7.45. The Hall–Kier alpha value is -2.60. The van der Waals surface area contributed by atoms with E-state index in [-0.39, 0.29) is 6.10 Å². The maximum Gasteiger partial charge on any atom is 0.338 e. The highest BCUT2D eigenvalue weighted by Crippen LogP contribution is 2.15. The quantitative estimate of drug-likeness (QED) is 0.771. The summed E-state index contributed by atoms with van der Waals surface area (Å²) in [4.78, 5) is 21.1. The second kappa shape index (κ2) is 8.75. The molecular formula is C17H21N3O3. The number of nitrogens with zero attached hydrogens (tertiary/aromatic N) is 1. The number of pyridine rings is 1. The predicted molar refractivity (Wildman–Crippen MR) is 86.6 cm³/mol. The molecule has 2 aromatic rings. The van der Waals surface area contributed by atoms with Gasteiger partial charge in [-0.3, -0.25) is 4.84 Å². The molecule has 6 nitrogen and oxygen atoms in total. The van der Waals surface area contributed by atoms with Crippen LogP contribution in [0.4, 0.5) is 4.79 Å². The van der Waals surface area contributed by atoms with Crippen molar-refractivity contribution in [3.05, 3.63) is 59.8 Å². The van der Waals surface area contributed by atoms with Crippen molar-refractivity contribution in [1.29, 1.82) is 0 Å². The number of rotatable bonds is 7. The molecule has 2 amide bonds. The van der Waals surface area contributed by atoms with Gasteiger partial charge in [0.15, 0.2) is 0 Å². The van der Waals surface area contributed by atoms with Crippen molar-refractivity contribution in [3.8, 4) is 5.88 Å². The fourth-order valence-electron chi connectivity index (χ4n) is 1.86. The van der Waals surface area contributed by atoms with E-state index in [0.717, 1.165) is 11.1 Å². The van der Waals surface area contributed by atoms with E-state index >= 15 is 0 Å². The molecular weight excluding hydrogens is 294 g/mol. The summed E-state index contributed by atoms with van der Waals surface area (Å²) in [6.45, 7) is 4.46. The van der Waals surface area contributed by atoms with Gasteiger partial charge in [0.25, 0.3) is 0 Å². The lowest BCUT2D eigenvalue weighted by Gasteiger charge is -2.13. The molecule has 0 spiro atoms. The molecule has 122 valence electrons. The summed E-state index contributed by atoms with van der Waals surface area (Å²) in [5.41, 5.74) is 4.13. The standard InChI is InChI=1S/C17H21N3O3/c1-13(2)23-16-15(9-6-10-18-16)11-19-17(21)20-22-12-14-7-4-3-5-8-14/h3-10,13H,11-12H2,1-2H3,(H2,19,20,21). The third-order valence-corrected chi connectivity index (χ3v) is 2.88. The van der Waals surface area contributed by atoms with Crippen molar-refractivity contribution in [2.45, 2.75) is 33.1 Å².